The van der Waals surface area contributed by atoms with Crippen LogP contribution in [0.1, 0.15) is 47.9 Å². The van der Waals surface area contributed by atoms with Crippen molar-refractivity contribution in [3.8, 4) is 11.3 Å². The Labute approximate surface area is 292 Å². The molecule has 0 spiro atoms. The topological polar surface area (TPSA) is 89.2 Å². The monoisotopic (exact) mass is 665 g/mol. The number of nitrogens with zero attached hydrogens (tertiary/aromatic N) is 7. The number of fused-ring (bicyclic) bond motifs is 4. The molecule has 0 saturated carbocycles. The molecule has 254 valence electrons. The summed E-state index contributed by atoms with van der Waals surface area (Å²) >= 11 is 0. The molecule has 0 atom stereocenters. The highest BCUT2D eigenvalue weighted by Gasteiger charge is 2.23. The average molecular weight is 666 g/mol. The van der Waals surface area contributed by atoms with Gasteiger partial charge in [0.15, 0.2) is 5.65 Å². The van der Waals surface area contributed by atoms with Crippen molar-refractivity contribution in [2.45, 2.75) is 51.6 Å². The van der Waals surface area contributed by atoms with E-state index >= 15 is 0 Å². The van der Waals surface area contributed by atoms with Gasteiger partial charge in [-0.15, -0.1) is 0 Å². The molecule has 5 aromatic rings. The Morgan fingerprint density at radius 2 is 1.26 bits per heavy atom. The van der Waals surface area contributed by atoms with Crippen LogP contribution in [-0.4, -0.2) is 73.2 Å². The van der Waals surface area contributed by atoms with Gasteiger partial charge >= 0.3 is 5.69 Å². The molecule has 0 unspecified atom stereocenters. The van der Waals surface area contributed by atoms with Gasteiger partial charge in [-0.1, -0.05) is 48.6 Å². The van der Waals surface area contributed by atoms with E-state index in [1.807, 2.05) is 42.7 Å². The van der Waals surface area contributed by atoms with Crippen molar-refractivity contribution in [2.75, 3.05) is 39.3 Å². The largest absolute Gasteiger partial charge is 0.333 e. The molecule has 2 fully saturated rings. The lowest BCUT2D eigenvalue weighted by Gasteiger charge is -2.21. The highest BCUT2D eigenvalue weighted by Crippen LogP contribution is 2.33. The fraction of sp³-hybridized carbons (Fsp3) is 0.341. The molecular formula is C41H43N7O2. The van der Waals surface area contributed by atoms with E-state index in [2.05, 4.69) is 56.2 Å². The minimum absolute atomic E-state index is 0.165. The number of likely N-dealkylation sites (tertiary alicyclic amines) is 2. The molecule has 0 radical (unpaired) electrons. The van der Waals surface area contributed by atoms with Crippen molar-refractivity contribution in [3.63, 3.8) is 0 Å². The first-order valence-corrected chi connectivity index (χ1v) is 18.0. The summed E-state index contributed by atoms with van der Waals surface area (Å²) in [6, 6.07) is 18.3. The number of benzene rings is 1. The van der Waals surface area contributed by atoms with E-state index in [1.54, 1.807) is 17.0 Å². The molecule has 9 heteroatoms. The minimum atomic E-state index is -0.357. The lowest BCUT2D eigenvalue weighted by molar-refractivity contribution is 0.382. The zero-order valence-corrected chi connectivity index (χ0v) is 28.5. The zero-order chi connectivity index (χ0) is 33.9. The normalized spacial score (nSPS) is 17.0. The van der Waals surface area contributed by atoms with E-state index in [0.717, 1.165) is 91.2 Å². The summed E-state index contributed by atoms with van der Waals surface area (Å²) in [6.45, 7) is 6.19. The van der Waals surface area contributed by atoms with Crippen LogP contribution in [0.15, 0.2) is 101 Å². The molecule has 50 heavy (non-hydrogen) atoms. The molecular weight excluding hydrogens is 622 g/mol. The van der Waals surface area contributed by atoms with Crippen LogP contribution in [0.2, 0.25) is 0 Å². The molecule has 3 aliphatic rings. The second kappa shape index (κ2) is 14.5. The summed E-state index contributed by atoms with van der Waals surface area (Å²) in [5, 5.41) is 0.481. The van der Waals surface area contributed by atoms with Crippen molar-refractivity contribution >= 4 is 22.2 Å². The molecule has 1 aromatic carbocycles. The van der Waals surface area contributed by atoms with Gasteiger partial charge in [0.2, 0.25) is 0 Å². The van der Waals surface area contributed by atoms with E-state index in [4.69, 9.17) is 4.98 Å². The van der Waals surface area contributed by atoms with Crippen LogP contribution < -0.4 is 11.2 Å². The van der Waals surface area contributed by atoms with Crippen LogP contribution in [0.25, 0.3) is 33.4 Å². The number of rotatable bonds is 10. The molecule has 0 bridgehead atoms. The fourth-order valence-electron chi connectivity index (χ4n) is 7.78. The number of aryl methyl sites for hydroxylation is 2. The third-order valence-electron chi connectivity index (χ3n) is 10.5. The predicted octanol–water partition coefficient (Wildman–Crippen LogP) is 5.47. The maximum absolute atomic E-state index is 14.6. The van der Waals surface area contributed by atoms with Crippen molar-refractivity contribution in [1.82, 2.24) is 33.9 Å². The van der Waals surface area contributed by atoms with E-state index in [0.29, 0.717) is 11.0 Å². The summed E-state index contributed by atoms with van der Waals surface area (Å²) < 4.78 is 3.10. The van der Waals surface area contributed by atoms with E-state index in [-0.39, 0.29) is 24.3 Å². The SMILES string of the molecule is O=c1c2cc3c(nc2n(C/C=C(\CN2CCCC2)c2cccnc2)c(=O)n1C/C=C(\CN1CCCC1)c1cccnc1)-c1ccccc1CC3. The van der Waals surface area contributed by atoms with Gasteiger partial charge in [0, 0.05) is 56.5 Å². The molecule has 0 N–H and O–H groups in total. The Kier molecular flexibility index (Phi) is 9.33. The highest BCUT2D eigenvalue weighted by molar-refractivity contribution is 5.82. The number of pyridine rings is 3. The zero-order valence-electron chi connectivity index (χ0n) is 28.5. The van der Waals surface area contributed by atoms with Crippen molar-refractivity contribution < 1.29 is 0 Å². The molecule has 2 aliphatic heterocycles. The Morgan fingerprint density at radius 1 is 0.680 bits per heavy atom. The second-order valence-corrected chi connectivity index (χ2v) is 13.7. The average Bonchev–Trinajstić information content (AvgIpc) is 3.89. The van der Waals surface area contributed by atoms with Crippen molar-refractivity contribution in [2.24, 2.45) is 0 Å². The van der Waals surface area contributed by atoms with Gasteiger partial charge in [-0.05, 0) is 116 Å². The Morgan fingerprint density at radius 3 is 1.86 bits per heavy atom. The number of aromatic nitrogens is 5. The Balaban J connectivity index is 1.26. The summed E-state index contributed by atoms with van der Waals surface area (Å²) in [5.41, 5.74) is 8.24. The van der Waals surface area contributed by atoms with E-state index in [1.165, 1.54) is 35.8 Å². The minimum Gasteiger partial charge on any atom is -0.299 e. The molecule has 8 rings (SSSR count). The fourth-order valence-corrected chi connectivity index (χ4v) is 7.78. The van der Waals surface area contributed by atoms with Gasteiger partial charge in [0.25, 0.3) is 5.56 Å². The first kappa shape index (κ1) is 32.2. The number of hydrogen-bond acceptors (Lipinski definition) is 7. The lowest BCUT2D eigenvalue weighted by atomic mass is 9.89. The summed E-state index contributed by atoms with van der Waals surface area (Å²) in [6.07, 6.45) is 17.9. The molecule has 6 heterocycles. The third kappa shape index (κ3) is 6.63. The number of hydrogen-bond donors (Lipinski definition) is 0. The van der Waals surface area contributed by atoms with Crippen molar-refractivity contribution in [3.05, 3.63) is 135 Å². The maximum atomic E-state index is 14.6. The lowest BCUT2D eigenvalue weighted by Crippen LogP contribution is -2.40. The van der Waals surface area contributed by atoms with Crippen LogP contribution in [0.3, 0.4) is 0 Å². The van der Waals surface area contributed by atoms with Crippen molar-refractivity contribution in [1.29, 1.82) is 0 Å². The van der Waals surface area contributed by atoms with Gasteiger partial charge in [0.05, 0.1) is 11.1 Å². The molecule has 9 nitrogen and oxygen atoms in total. The maximum Gasteiger partial charge on any atom is 0.333 e. The van der Waals surface area contributed by atoms with Gasteiger partial charge in [-0.3, -0.25) is 33.7 Å². The summed E-state index contributed by atoms with van der Waals surface area (Å²) in [4.78, 5) is 47.7. The predicted molar refractivity (Wildman–Crippen MR) is 199 cm³/mol. The van der Waals surface area contributed by atoms with Crippen LogP contribution >= 0.6 is 0 Å². The standard InChI is InChI=1S/C41H43N7O2/c49-40-37-25-31-14-13-30-9-1-2-12-36(30)38(31)44-39(37)47(23-15-34(28-45-19-3-4-20-45)32-10-7-17-42-26-32)41(50)48(40)24-16-35(29-46-21-5-6-22-46)33-11-8-18-43-27-33/h1-2,7-12,15-18,25-27H,3-6,13-14,19-24,28-29H2/b34-15+,35-16+. The van der Waals surface area contributed by atoms with Gasteiger partial charge in [-0.25, -0.2) is 9.78 Å². The molecule has 0 amide bonds. The Bertz CT molecular complexity index is 2170. The molecule has 2 saturated heterocycles. The van der Waals surface area contributed by atoms with Gasteiger partial charge in [0.1, 0.15) is 0 Å². The molecule has 1 aliphatic carbocycles. The second-order valence-electron chi connectivity index (χ2n) is 13.7. The summed E-state index contributed by atoms with van der Waals surface area (Å²) in [5.74, 6) is 0. The quantitative estimate of drug-likeness (QED) is 0.196. The third-order valence-corrected chi connectivity index (χ3v) is 10.5. The number of allylic oxidation sites excluding steroid dienone is 2. The van der Waals surface area contributed by atoms with Crippen LogP contribution in [0.5, 0.6) is 0 Å². The first-order chi connectivity index (χ1) is 24.6. The van der Waals surface area contributed by atoms with E-state index in [9.17, 15) is 9.59 Å². The highest BCUT2D eigenvalue weighted by atomic mass is 16.2. The summed E-state index contributed by atoms with van der Waals surface area (Å²) in [7, 11) is 0. The van der Waals surface area contributed by atoms with E-state index < -0.39 is 0 Å². The smallest absolute Gasteiger partial charge is 0.299 e. The van der Waals surface area contributed by atoms with Crippen LogP contribution in [0, 0.1) is 0 Å². The van der Waals surface area contributed by atoms with Crippen LogP contribution in [0.4, 0.5) is 0 Å². The van der Waals surface area contributed by atoms with Gasteiger partial charge in [-0.2, -0.15) is 0 Å². The van der Waals surface area contributed by atoms with Crippen LogP contribution in [-0.2, 0) is 25.9 Å². The Hall–Kier alpha value is -4.99. The van der Waals surface area contributed by atoms with Gasteiger partial charge < -0.3 is 0 Å². The first-order valence-electron chi connectivity index (χ1n) is 18.0. The molecule has 4 aromatic heterocycles.